The molecule has 1 unspecified atom stereocenters. The first-order valence-electron chi connectivity index (χ1n) is 7.81. The molecule has 0 spiro atoms. The van der Waals surface area contributed by atoms with Crippen molar-refractivity contribution in [2.75, 3.05) is 53.6 Å². The van der Waals surface area contributed by atoms with Gasteiger partial charge >= 0.3 is 0 Å². The van der Waals surface area contributed by atoms with E-state index in [0.29, 0.717) is 44.6 Å². The summed E-state index contributed by atoms with van der Waals surface area (Å²) in [5, 5.41) is 0. The van der Waals surface area contributed by atoms with Gasteiger partial charge in [-0.25, -0.2) is 0 Å². The van der Waals surface area contributed by atoms with Gasteiger partial charge in [0, 0.05) is 47.0 Å². The molecule has 7 heteroatoms. The van der Waals surface area contributed by atoms with Gasteiger partial charge in [0.1, 0.15) is 0 Å². The van der Waals surface area contributed by atoms with Crippen molar-refractivity contribution in [1.29, 1.82) is 0 Å². The highest BCUT2D eigenvalue weighted by Crippen LogP contribution is 2.25. The molecule has 0 aromatic heterocycles. The Bertz CT molecular complexity index is 405. The summed E-state index contributed by atoms with van der Waals surface area (Å²) in [4.78, 5) is 0. The van der Waals surface area contributed by atoms with Crippen molar-refractivity contribution in [3.8, 4) is 0 Å². The molecule has 21 heavy (non-hydrogen) atoms. The highest BCUT2D eigenvalue weighted by atomic mass is 32.2. The fourth-order valence-electron chi connectivity index (χ4n) is 3.31. The van der Waals surface area contributed by atoms with Gasteiger partial charge in [0.25, 0.3) is 10.2 Å². The van der Waals surface area contributed by atoms with Gasteiger partial charge in [-0.05, 0) is 37.5 Å². The van der Waals surface area contributed by atoms with E-state index in [1.54, 1.807) is 22.8 Å². The Morgan fingerprint density at radius 1 is 0.905 bits per heavy atom. The monoisotopic (exact) mass is 320 g/mol. The molecule has 1 atom stereocenters. The molecule has 2 saturated heterocycles. The standard InChI is InChI=1S/C14H28N2O4S/c1-19-11-13-5-8-15(9-6-13)21(17,18)16-7-3-4-14(10-16)12-20-2/h13-14H,3-12H2,1-2H3. The van der Waals surface area contributed by atoms with E-state index in [-0.39, 0.29) is 0 Å². The van der Waals surface area contributed by atoms with Crippen LogP contribution < -0.4 is 0 Å². The van der Waals surface area contributed by atoms with Gasteiger partial charge in [-0.1, -0.05) is 0 Å². The van der Waals surface area contributed by atoms with E-state index in [1.807, 2.05) is 0 Å². The molecular weight excluding hydrogens is 292 g/mol. The van der Waals surface area contributed by atoms with Crippen molar-refractivity contribution >= 4 is 10.2 Å². The van der Waals surface area contributed by atoms with Crippen LogP contribution >= 0.6 is 0 Å². The second-order valence-corrected chi connectivity index (χ2v) is 8.06. The summed E-state index contributed by atoms with van der Waals surface area (Å²) in [5.41, 5.74) is 0. The Hall–Kier alpha value is -0.210. The second kappa shape index (κ2) is 7.87. The number of methoxy groups -OCH3 is 2. The zero-order valence-corrected chi connectivity index (χ0v) is 14.0. The molecule has 0 radical (unpaired) electrons. The maximum absolute atomic E-state index is 12.7. The smallest absolute Gasteiger partial charge is 0.281 e. The molecule has 2 aliphatic heterocycles. The number of piperidine rings is 2. The third kappa shape index (κ3) is 4.39. The first-order chi connectivity index (χ1) is 10.1. The highest BCUT2D eigenvalue weighted by molar-refractivity contribution is 7.86. The van der Waals surface area contributed by atoms with Gasteiger partial charge in [0.2, 0.25) is 0 Å². The fraction of sp³-hybridized carbons (Fsp3) is 1.00. The maximum atomic E-state index is 12.7. The molecule has 124 valence electrons. The summed E-state index contributed by atoms with van der Waals surface area (Å²) < 4.78 is 39.1. The minimum absolute atomic E-state index is 0.324. The van der Waals surface area contributed by atoms with Crippen LogP contribution in [0.1, 0.15) is 25.7 Å². The van der Waals surface area contributed by atoms with Crippen LogP contribution in [0.15, 0.2) is 0 Å². The van der Waals surface area contributed by atoms with Gasteiger partial charge in [0.05, 0.1) is 6.61 Å². The number of ether oxygens (including phenoxy) is 2. The molecule has 0 aromatic rings. The minimum atomic E-state index is -3.30. The lowest BCUT2D eigenvalue weighted by atomic mass is 9.99. The van der Waals surface area contributed by atoms with Crippen LogP contribution in [-0.4, -0.2) is 70.6 Å². The molecule has 0 N–H and O–H groups in total. The summed E-state index contributed by atoms with van der Waals surface area (Å²) >= 11 is 0. The zero-order chi connectivity index (χ0) is 15.3. The van der Waals surface area contributed by atoms with E-state index in [2.05, 4.69) is 0 Å². The van der Waals surface area contributed by atoms with Crippen LogP contribution in [-0.2, 0) is 19.7 Å². The Morgan fingerprint density at radius 3 is 2.14 bits per heavy atom. The fourth-order valence-corrected chi connectivity index (χ4v) is 5.07. The normalized spacial score (nSPS) is 27.0. The summed E-state index contributed by atoms with van der Waals surface area (Å²) in [6.45, 7) is 3.83. The molecule has 0 amide bonds. The van der Waals surface area contributed by atoms with Gasteiger partial charge in [-0.3, -0.25) is 0 Å². The number of hydrogen-bond acceptors (Lipinski definition) is 4. The Balaban J connectivity index is 1.92. The summed E-state index contributed by atoms with van der Waals surface area (Å²) in [6.07, 6.45) is 3.76. The van der Waals surface area contributed by atoms with Gasteiger partial charge in [-0.15, -0.1) is 0 Å². The number of nitrogens with zero attached hydrogens (tertiary/aromatic N) is 2. The minimum Gasteiger partial charge on any atom is -0.384 e. The predicted molar refractivity (Wildman–Crippen MR) is 81.3 cm³/mol. The quantitative estimate of drug-likeness (QED) is 0.731. The molecule has 0 aromatic carbocycles. The Labute approximate surface area is 128 Å². The molecule has 0 saturated carbocycles. The molecular formula is C14H28N2O4S. The van der Waals surface area contributed by atoms with E-state index < -0.39 is 10.2 Å². The van der Waals surface area contributed by atoms with E-state index in [1.165, 1.54) is 0 Å². The number of hydrogen-bond donors (Lipinski definition) is 0. The van der Waals surface area contributed by atoms with Crippen molar-refractivity contribution in [3.63, 3.8) is 0 Å². The first kappa shape index (κ1) is 17.1. The molecule has 2 rings (SSSR count). The predicted octanol–water partition coefficient (Wildman–Crippen LogP) is 0.948. The molecule has 2 heterocycles. The van der Waals surface area contributed by atoms with Crippen LogP contribution in [0.2, 0.25) is 0 Å². The lowest BCUT2D eigenvalue weighted by Crippen LogP contribution is -2.50. The molecule has 2 aliphatic rings. The largest absolute Gasteiger partial charge is 0.384 e. The molecule has 6 nitrogen and oxygen atoms in total. The highest BCUT2D eigenvalue weighted by Gasteiger charge is 2.35. The average molecular weight is 320 g/mol. The lowest BCUT2D eigenvalue weighted by molar-refractivity contribution is 0.108. The summed E-state index contributed by atoms with van der Waals surface area (Å²) in [5.74, 6) is 0.814. The molecule has 0 bridgehead atoms. The van der Waals surface area contributed by atoms with Crippen LogP contribution in [0.5, 0.6) is 0 Å². The SMILES string of the molecule is COCC1CCN(S(=O)(=O)N2CCCC(COC)C2)CC1. The number of rotatable bonds is 6. The van der Waals surface area contributed by atoms with Crippen molar-refractivity contribution in [1.82, 2.24) is 8.61 Å². The average Bonchev–Trinajstić information content (AvgIpc) is 2.49. The van der Waals surface area contributed by atoms with Crippen molar-refractivity contribution < 1.29 is 17.9 Å². The van der Waals surface area contributed by atoms with Crippen LogP contribution in [0.4, 0.5) is 0 Å². The third-order valence-electron chi connectivity index (χ3n) is 4.51. The van der Waals surface area contributed by atoms with Crippen LogP contribution in [0, 0.1) is 11.8 Å². The topological polar surface area (TPSA) is 59.1 Å². The van der Waals surface area contributed by atoms with Crippen LogP contribution in [0.3, 0.4) is 0 Å². The first-order valence-corrected chi connectivity index (χ1v) is 9.20. The molecule has 0 aliphatic carbocycles. The van der Waals surface area contributed by atoms with Crippen molar-refractivity contribution in [2.24, 2.45) is 11.8 Å². The third-order valence-corrected chi connectivity index (χ3v) is 6.51. The molecule has 2 fully saturated rings. The van der Waals surface area contributed by atoms with E-state index in [9.17, 15) is 8.42 Å². The van der Waals surface area contributed by atoms with E-state index in [4.69, 9.17) is 9.47 Å². The van der Waals surface area contributed by atoms with Crippen LogP contribution in [0.25, 0.3) is 0 Å². The summed E-state index contributed by atoms with van der Waals surface area (Å²) in [7, 11) is 0.0714. The Kier molecular flexibility index (Phi) is 6.43. The van der Waals surface area contributed by atoms with Gasteiger partial charge in [0.15, 0.2) is 0 Å². The van der Waals surface area contributed by atoms with Crippen molar-refractivity contribution in [3.05, 3.63) is 0 Å². The van der Waals surface area contributed by atoms with E-state index >= 15 is 0 Å². The maximum Gasteiger partial charge on any atom is 0.281 e. The van der Waals surface area contributed by atoms with Gasteiger partial charge in [-0.2, -0.15) is 17.0 Å². The summed E-state index contributed by atoms with van der Waals surface area (Å²) in [6, 6.07) is 0. The van der Waals surface area contributed by atoms with Gasteiger partial charge < -0.3 is 9.47 Å². The zero-order valence-electron chi connectivity index (χ0n) is 13.2. The lowest BCUT2D eigenvalue weighted by Gasteiger charge is -2.38. The van der Waals surface area contributed by atoms with E-state index in [0.717, 1.165) is 32.3 Å². The second-order valence-electron chi connectivity index (χ2n) is 6.13. The Morgan fingerprint density at radius 2 is 1.52 bits per heavy atom. The van der Waals surface area contributed by atoms with Crippen molar-refractivity contribution in [2.45, 2.75) is 25.7 Å².